The average molecular weight is 385 g/mol. The lowest BCUT2D eigenvalue weighted by Crippen LogP contribution is -2.38. The van der Waals surface area contributed by atoms with Crippen LogP contribution in [0, 0.1) is 0 Å². The van der Waals surface area contributed by atoms with E-state index in [9.17, 15) is 9.90 Å². The second-order valence-corrected chi connectivity index (χ2v) is 7.06. The number of aliphatic hydroxyl groups is 1. The maximum Gasteiger partial charge on any atom is 0.191 e. The quantitative estimate of drug-likeness (QED) is 0.643. The van der Waals surface area contributed by atoms with E-state index in [-0.39, 0.29) is 11.7 Å². The smallest absolute Gasteiger partial charge is 0.191 e. The fraction of sp³-hybridized carbons (Fsp3) is 0.160. The van der Waals surface area contributed by atoms with Crippen LogP contribution in [0.5, 0.6) is 5.75 Å². The highest BCUT2D eigenvalue weighted by Crippen LogP contribution is 2.38. The average Bonchev–Trinajstić information content (AvgIpc) is 2.79. The minimum absolute atomic E-state index is 0.0469. The van der Waals surface area contributed by atoms with E-state index < -0.39 is 6.23 Å². The molecule has 2 atom stereocenters. The van der Waals surface area contributed by atoms with Crippen LogP contribution in [0.2, 0.25) is 0 Å². The Morgan fingerprint density at radius 2 is 1.55 bits per heavy atom. The van der Waals surface area contributed by atoms with Crippen LogP contribution in [0.3, 0.4) is 0 Å². The predicted molar refractivity (Wildman–Crippen MR) is 114 cm³/mol. The monoisotopic (exact) mass is 385 g/mol. The summed E-state index contributed by atoms with van der Waals surface area (Å²) in [6.07, 6.45) is 1.52. The Kier molecular flexibility index (Phi) is 5.45. The number of para-hydroxylation sites is 1. The molecule has 1 heterocycles. The van der Waals surface area contributed by atoms with Crippen LogP contribution in [-0.4, -0.2) is 24.2 Å². The van der Waals surface area contributed by atoms with E-state index in [1.165, 1.54) is 0 Å². The lowest BCUT2D eigenvalue weighted by Gasteiger charge is -2.36. The molecule has 1 aliphatic heterocycles. The number of carbonyl (C=O) groups is 1. The third kappa shape index (κ3) is 3.93. The molecule has 4 rings (SSSR count). The van der Waals surface area contributed by atoms with E-state index in [2.05, 4.69) is 0 Å². The van der Waals surface area contributed by atoms with E-state index in [0.717, 1.165) is 11.3 Å². The molecule has 0 spiro atoms. The number of Topliss-reactive ketones (excluding diaryl/α,β-unsaturated/α-hetero) is 1. The Morgan fingerprint density at radius 3 is 2.17 bits per heavy atom. The molecule has 0 bridgehead atoms. The summed E-state index contributed by atoms with van der Waals surface area (Å²) in [7, 11) is 1.60. The maximum atomic E-state index is 13.4. The summed E-state index contributed by atoms with van der Waals surface area (Å²) in [6.45, 7) is 0. The Bertz CT molecular complexity index is 997. The number of hydrogen-bond acceptors (Lipinski definition) is 4. The highest BCUT2D eigenvalue weighted by Gasteiger charge is 2.33. The number of carbonyl (C=O) groups excluding carboxylic acids is 1. The van der Waals surface area contributed by atoms with Gasteiger partial charge >= 0.3 is 0 Å². The van der Waals surface area contributed by atoms with Gasteiger partial charge in [-0.15, -0.1) is 0 Å². The van der Waals surface area contributed by atoms with Crippen molar-refractivity contribution < 1.29 is 14.6 Å². The number of allylic oxidation sites excluding steroid dienone is 1. The third-order valence-electron chi connectivity index (χ3n) is 5.29. The van der Waals surface area contributed by atoms with Crippen molar-refractivity contribution in [1.29, 1.82) is 0 Å². The lowest BCUT2D eigenvalue weighted by molar-refractivity contribution is 0.101. The van der Waals surface area contributed by atoms with Crippen molar-refractivity contribution in [2.24, 2.45) is 0 Å². The molecule has 0 aliphatic carbocycles. The van der Waals surface area contributed by atoms with Crippen LogP contribution < -0.4 is 9.64 Å². The molecular weight excluding hydrogens is 362 g/mol. The van der Waals surface area contributed by atoms with Gasteiger partial charge in [0.2, 0.25) is 0 Å². The summed E-state index contributed by atoms with van der Waals surface area (Å²) in [5, 5.41) is 10.8. The van der Waals surface area contributed by atoms with Crippen molar-refractivity contribution in [2.75, 3.05) is 12.0 Å². The van der Waals surface area contributed by atoms with Gasteiger partial charge in [0, 0.05) is 35.4 Å². The van der Waals surface area contributed by atoms with Crippen LogP contribution in [0.4, 0.5) is 5.69 Å². The number of benzene rings is 3. The van der Waals surface area contributed by atoms with Crippen LogP contribution >= 0.6 is 0 Å². The molecule has 0 fully saturated rings. The summed E-state index contributed by atoms with van der Waals surface area (Å²) in [5.41, 5.74) is 3.14. The fourth-order valence-electron chi connectivity index (χ4n) is 3.75. The van der Waals surface area contributed by atoms with Crippen molar-refractivity contribution in [3.05, 3.63) is 108 Å². The molecule has 1 aliphatic rings. The molecule has 0 radical (unpaired) electrons. The number of nitrogens with zero attached hydrogens (tertiary/aromatic N) is 1. The summed E-state index contributed by atoms with van der Waals surface area (Å²) < 4.78 is 5.21. The van der Waals surface area contributed by atoms with Gasteiger partial charge in [-0.3, -0.25) is 4.79 Å². The summed E-state index contributed by atoms with van der Waals surface area (Å²) >= 11 is 0. The third-order valence-corrected chi connectivity index (χ3v) is 5.29. The number of aliphatic hydroxyl groups excluding tert-OH is 1. The number of anilines is 1. The molecule has 4 heteroatoms. The van der Waals surface area contributed by atoms with Gasteiger partial charge in [0.1, 0.15) is 12.0 Å². The van der Waals surface area contributed by atoms with E-state index in [0.29, 0.717) is 23.3 Å². The molecule has 1 N–H and O–H groups in total. The largest absolute Gasteiger partial charge is 0.497 e. The van der Waals surface area contributed by atoms with Gasteiger partial charge in [-0.25, -0.2) is 0 Å². The molecule has 0 saturated heterocycles. The molecule has 0 saturated carbocycles. The molecular formula is C25H23NO3. The Balaban J connectivity index is 1.77. The standard InChI is InChI=1S/C25H23NO3/c1-29-21-14-12-19(13-15-21)25(28)23-17-26(20-10-6-3-7-11-20)24(27)16-22(23)18-8-4-2-5-9-18/h2-15,17,22,24,27H,16H2,1H3/t22-,24+/m0/s1. The molecule has 29 heavy (non-hydrogen) atoms. The van der Waals surface area contributed by atoms with Crippen molar-refractivity contribution >= 4 is 11.5 Å². The van der Waals surface area contributed by atoms with Crippen LogP contribution in [0.25, 0.3) is 0 Å². The minimum Gasteiger partial charge on any atom is -0.497 e. The first kappa shape index (κ1) is 19.0. The number of ether oxygens (including phenoxy) is 1. The lowest BCUT2D eigenvalue weighted by atomic mass is 9.82. The topological polar surface area (TPSA) is 49.8 Å². The number of methoxy groups -OCH3 is 1. The first-order valence-corrected chi connectivity index (χ1v) is 9.64. The summed E-state index contributed by atoms with van der Waals surface area (Å²) in [5.74, 6) is 0.482. The molecule has 0 unspecified atom stereocenters. The van der Waals surface area contributed by atoms with Gasteiger partial charge in [-0.05, 0) is 42.0 Å². The number of ketones is 1. The van der Waals surface area contributed by atoms with Gasteiger partial charge < -0.3 is 14.7 Å². The molecule has 0 amide bonds. The molecule has 3 aromatic carbocycles. The zero-order chi connectivity index (χ0) is 20.2. The van der Waals surface area contributed by atoms with Crippen molar-refractivity contribution in [1.82, 2.24) is 0 Å². The second kappa shape index (κ2) is 8.33. The highest BCUT2D eigenvalue weighted by atomic mass is 16.5. The molecule has 146 valence electrons. The molecule has 0 aromatic heterocycles. The number of rotatable bonds is 5. The van der Waals surface area contributed by atoms with Crippen molar-refractivity contribution in [3.8, 4) is 5.75 Å². The van der Waals surface area contributed by atoms with E-state index in [1.807, 2.05) is 60.7 Å². The van der Waals surface area contributed by atoms with Crippen molar-refractivity contribution in [3.63, 3.8) is 0 Å². The van der Waals surface area contributed by atoms with Crippen molar-refractivity contribution in [2.45, 2.75) is 18.6 Å². The summed E-state index contributed by atoms with van der Waals surface area (Å²) in [6, 6.07) is 26.6. The van der Waals surface area contributed by atoms with E-state index in [4.69, 9.17) is 4.74 Å². The maximum absolute atomic E-state index is 13.4. The molecule has 4 nitrogen and oxygen atoms in total. The van der Waals surface area contributed by atoms with E-state index >= 15 is 0 Å². The SMILES string of the molecule is COc1ccc(C(=O)C2=CN(c3ccccc3)[C@H](O)C[C@H]2c2ccccc2)cc1. The van der Waals surface area contributed by atoms with Gasteiger partial charge in [0.15, 0.2) is 5.78 Å². The highest BCUT2D eigenvalue weighted by molar-refractivity contribution is 6.10. The Labute approximate surface area is 170 Å². The van der Waals surface area contributed by atoms with Gasteiger partial charge in [-0.2, -0.15) is 0 Å². The fourth-order valence-corrected chi connectivity index (χ4v) is 3.75. The van der Waals surface area contributed by atoms with Gasteiger partial charge in [0.05, 0.1) is 7.11 Å². The number of hydrogen-bond donors (Lipinski definition) is 1. The minimum atomic E-state index is -0.713. The van der Waals surface area contributed by atoms with Crippen LogP contribution in [-0.2, 0) is 0 Å². The van der Waals surface area contributed by atoms with Gasteiger partial charge in [0.25, 0.3) is 0 Å². The Morgan fingerprint density at radius 1 is 0.931 bits per heavy atom. The van der Waals surface area contributed by atoms with Gasteiger partial charge in [-0.1, -0.05) is 48.5 Å². The van der Waals surface area contributed by atoms with Crippen LogP contribution in [0.15, 0.2) is 96.7 Å². The normalized spacial score (nSPS) is 18.8. The zero-order valence-electron chi connectivity index (χ0n) is 16.2. The molecule has 3 aromatic rings. The first-order valence-electron chi connectivity index (χ1n) is 9.64. The Hall–Kier alpha value is -3.37. The second-order valence-electron chi connectivity index (χ2n) is 7.06. The first-order chi connectivity index (χ1) is 14.2. The predicted octanol–water partition coefficient (Wildman–Crippen LogP) is 4.77. The summed E-state index contributed by atoms with van der Waals surface area (Å²) in [4.78, 5) is 15.2. The van der Waals surface area contributed by atoms with E-state index in [1.54, 1.807) is 42.5 Å². The van der Waals surface area contributed by atoms with Crippen LogP contribution in [0.1, 0.15) is 28.3 Å². The zero-order valence-corrected chi connectivity index (χ0v) is 16.2.